The average Bonchev–Trinajstić information content (AvgIpc) is 2.78. The molecule has 0 atom stereocenters. The molecule has 1 rings (SSSR count). The van der Waals surface area contributed by atoms with E-state index in [2.05, 4.69) is 21.2 Å². The zero-order valence-corrected chi connectivity index (χ0v) is 14.0. The Kier molecular flexibility index (Phi) is 6.26. The number of nitrogens with zero attached hydrogens (tertiary/aromatic N) is 2. The molecule has 1 heterocycles. The summed E-state index contributed by atoms with van der Waals surface area (Å²) in [5.74, 6) is -0.262. The maximum Gasteiger partial charge on any atom is 0.270 e. The summed E-state index contributed by atoms with van der Waals surface area (Å²) in [6.07, 6.45) is 1.89. The third-order valence-electron chi connectivity index (χ3n) is 2.97. The van der Waals surface area contributed by atoms with Crippen molar-refractivity contribution in [3.63, 3.8) is 0 Å². The van der Waals surface area contributed by atoms with Crippen LogP contribution in [0.4, 0.5) is 0 Å². The van der Waals surface area contributed by atoms with Gasteiger partial charge in [0.15, 0.2) is 0 Å². The molecule has 112 valence electrons. The van der Waals surface area contributed by atoms with Crippen molar-refractivity contribution >= 4 is 27.7 Å². The van der Waals surface area contributed by atoms with Gasteiger partial charge in [0, 0.05) is 29.8 Å². The van der Waals surface area contributed by atoms with Crippen LogP contribution in [-0.4, -0.2) is 40.9 Å². The van der Waals surface area contributed by atoms with Crippen LogP contribution >= 0.6 is 15.9 Å². The summed E-state index contributed by atoms with van der Waals surface area (Å²) in [6, 6.07) is 1.98. The largest absolute Gasteiger partial charge is 0.355 e. The molecule has 0 saturated heterocycles. The standard InChI is InChI=1S/C14H22BrN3O2/c1-5-16-13(19)9-17(6-2)14(20)12-7-11(15)8-18(12)10(3)4/h7-8,10H,5-6,9H2,1-4H3,(H,16,19). The number of nitrogens with one attached hydrogen (secondary N) is 1. The van der Waals surface area contributed by atoms with E-state index in [9.17, 15) is 9.59 Å². The van der Waals surface area contributed by atoms with E-state index in [4.69, 9.17) is 0 Å². The topological polar surface area (TPSA) is 54.3 Å². The molecule has 20 heavy (non-hydrogen) atoms. The first-order valence-corrected chi connectivity index (χ1v) is 7.63. The van der Waals surface area contributed by atoms with E-state index in [1.807, 2.05) is 38.5 Å². The van der Waals surface area contributed by atoms with Crippen molar-refractivity contribution in [2.45, 2.75) is 33.7 Å². The van der Waals surface area contributed by atoms with E-state index < -0.39 is 0 Å². The van der Waals surface area contributed by atoms with Crippen LogP contribution in [0.15, 0.2) is 16.7 Å². The van der Waals surface area contributed by atoms with Crippen LogP contribution in [0.25, 0.3) is 0 Å². The van der Waals surface area contributed by atoms with Crippen LogP contribution < -0.4 is 5.32 Å². The minimum Gasteiger partial charge on any atom is -0.355 e. The summed E-state index contributed by atoms with van der Waals surface area (Å²) in [7, 11) is 0. The summed E-state index contributed by atoms with van der Waals surface area (Å²) in [4.78, 5) is 25.8. The van der Waals surface area contributed by atoms with E-state index in [0.717, 1.165) is 4.47 Å². The number of halogens is 1. The Balaban J connectivity index is 2.94. The van der Waals surface area contributed by atoms with E-state index >= 15 is 0 Å². The molecule has 0 aromatic carbocycles. The van der Waals surface area contributed by atoms with Crippen LogP contribution in [0.2, 0.25) is 0 Å². The van der Waals surface area contributed by atoms with Gasteiger partial charge >= 0.3 is 0 Å². The third-order valence-corrected chi connectivity index (χ3v) is 3.40. The number of amides is 2. The highest BCUT2D eigenvalue weighted by molar-refractivity contribution is 9.10. The van der Waals surface area contributed by atoms with Crippen LogP contribution in [0, 0.1) is 0 Å². The second-order valence-corrected chi connectivity index (χ2v) is 5.73. The molecule has 0 aliphatic heterocycles. The molecule has 0 aliphatic rings. The number of likely N-dealkylation sites (N-methyl/N-ethyl adjacent to an activating group) is 2. The van der Waals surface area contributed by atoms with Crippen molar-refractivity contribution in [2.24, 2.45) is 0 Å². The van der Waals surface area contributed by atoms with Crippen LogP contribution in [0.1, 0.15) is 44.2 Å². The number of carbonyl (C=O) groups is 2. The number of aromatic nitrogens is 1. The highest BCUT2D eigenvalue weighted by Gasteiger charge is 2.21. The van der Waals surface area contributed by atoms with Gasteiger partial charge in [-0.2, -0.15) is 0 Å². The lowest BCUT2D eigenvalue weighted by Crippen LogP contribution is -2.41. The summed E-state index contributed by atoms with van der Waals surface area (Å²) in [5, 5.41) is 2.71. The number of rotatable bonds is 6. The molecule has 0 unspecified atom stereocenters. The first-order chi connectivity index (χ1) is 9.40. The van der Waals surface area contributed by atoms with Crippen molar-refractivity contribution in [2.75, 3.05) is 19.6 Å². The molecule has 0 spiro atoms. The third kappa shape index (κ3) is 4.10. The Hall–Kier alpha value is -1.30. The average molecular weight is 344 g/mol. The number of hydrogen-bond acceptors (Lipinski definition) is 2. The molecular weight excluding hydrogens is 322 g/mol. The van der Waals surface area contributed by atoms with Crippen molar-refractivity contribution in [3.8, 4) is 0 Å². The number of carbonyl (C=O) groups excluding carboxylic acids is 2. The van der Waals surface area contributed by atoms with Crippen molar-refractivity contribution in [3.05, 3.63) is 22.4 Å². The van der Waals surface area contributed by atoms with Gasteiger partial charge in [-0.25, -0.2) is 0 Å². The zero-order chi connectivity index (χ0) is 15.3. The van der Waals surface area contributed by atoms with Gasteiger partial charge in [0.1, 0.15) is 5.69 Å². The highest BCUT2D eigenvalue weighted by Crippen LogP contribution is 2.20. The van der Waals surface area contributed by atoms with Gasteiger partial charge in [0.25, 0.3) is 5.91 Å². The minimum absolute atomic E-state index is 0.0874. The summed E-state index contributed by atoms with van der Waals surface area (Å²) >= 11 is 3.40. The Morgan fingerprint density at radius 1 is 1.40 bits per heavy atom. The Morgan fingerprint density at radius 2 is 2.05 bits per heavy atom. The molecule has 1 aromatic heterocycles. The van der Waals surface area contributed by atoms with E-state index in [0.29, 0.717) is 18.8 Å². The van der Waals surface area contributed by atoms with Gasteiger partial charge < -0.3 is 14.8 Å². The van der Waals surface area contributed by atoms with Crippen molar-refractivity contribution in [1.82, 2.24) is 14.8 Å². The fourth-order valence-electron chi connectivity index (χ4n) is 1.96. The van der Waals surface area contributed by atoms with Gasteiger partial charge in [-0.3, -0.25) is 9.59 Å². The molecule has 0 radical (unpaired) electrons. The van der Waals surface area contributed by atoms with E-state index in [1.54, 1.807) is 11.0 Å². The van der Waals surface area contributed by atoms with Crippen molar-refractivity contribution < 1.29 is 9.59 Å². The lowest BCUT2D eigenvalue weighted by molar-refractivity contribution is -0.121. The molecule has 1 N–H and O–H groups in total. The Morgan fingerprint density at radius 3 is 2.55 bits per heavy atom. The second kappa shape index (κ2) is 7.47. The van der Waals surface area contributed by atoms with Gasteiger partial charge in [-0.15, -0.1) is 0 Å². The normalized spacial score (nSPS) is 10.7. The van der Waals surface area contributed by atoms with Gasteiger partial charge in [-0.05, 0) is 49.7 Å². The Bertz CT molecular complexity index is 483. The molecule has 0 aliphatic carbocycles. The Labute approximate surface area is 128 Å². The fraction of sp³-hybridized carbons (Fsp3) is 0.571. The first-order valence-electron chi connectivity index (χ1n) is 6.84. The monoisotopic (exact) mass is 343 g/mol. The molecule has 6 heteroatoms. The molecular formula is C14H22BrN3O2. The SMILES string of the molecule is CCNC(=O)CN(CC)C(=O)c1cc(Br)cn1C(C)C. The van der Waals surface area contributed by atoms with Crippen LogP contribution in [0.5, 0.6) is 0 Å². The van der Waals surface area contributed by atoms with Crippen molar-refractivity contribution in [1.29, 1.82) is 0 Å². The van der Waals surface area contributed by atoms with Crippen LogP contribution in [0.3, 0.4) is 0 Å². The summed E-state index contributed by atoms with van der Waals surface area (Å²) in [6.45, 7) is 8.91. The van der Waals surface area contributed by atoms with E-state index in [-0.39, 0.29) is 24.4 Å². The van der Waals surface area contributed by atoms with Gasteiger partial charge in [-0.1, -0.05) is 0 Å². The number of hydrogen-bond donors (Lipinski definition) is 1. The quantitative estimate of drug-likeness (QED) is 0.862. The summed E-state index contributed by atoms with van der Waals surface area (Å²) in [5.41, 5.74) is 0.595. The van der Waals surface area contributed by atoms with E-state index in [1.165, 1.54) is 0 Å². The maximum absolute atomic E-state index is 12.6. The minimum atomic E-state index is -0.135. The molecule has 5 nitrogen and oxygen atoms in total. The first kappa shape index (κ1) is 16.8. The molecule has 0 fully saturated rings. The lowest BCUT2D eigenvalue weighted by Gasteiger charge is -2.22. The molecule has 0 saturated carbocycles. The maximum atomic E-state index is 12.6. The molecule has 0 bridgehead atoms. The second-order valence-electron chi connectivity index (χ2n) is 4.82. The zero-order valence-electron chi connectivity index (χ0n) is 12.4. The highest BCUT2D eigenvalue weighted by atomic mass is 79.9. The van der Waals surface area contributed by atoms with Gasteiger partial charge in [0.05, 0.1) is 6.54 Å². The molecule has 1 aromatic rings. The summed E-state index contributed by atoms with van der Waals surface area (Å²) < 4.78 is 2.77. The molecule has 2 amide bonds. The fourth-order valence-corrected chi connectivity index (χ4v) is 2.40. The van der Waals surface area contributed by atoms with Gasteiger partial charge in [0.2, 0.25) is 5.91 Å². The lowest BCUT2D eigenvalue weighted by atomic mass is 10.3. The predicted octanol–water partition coefficient (Wildman–Crippen LogP) is 2.43. The predicted molar refractivity (Wildman–Crippen MR) is 82.8 cm³/mol. The smallest absolute Gasteiger partial charge is 0.270 e. The van der Waals surface area contributed by atoms with Crippen LogP contribution in [-0.2, 0) is 4.79 Å².